The fourth-order valence-electron chi connectivity index (χ4n) is 1.62. The Morgan fingerprint density at radius 1 is 1.23 bits per heavy atom. The number of aromatic nitrogens is 2. The molecular weight excluding hydrogens is 164 g/mol. The summed E-state index contributed by atoms with van der Waals surface area (Å²) in [5.41, 5.74) is 13.0. The zero-order valence-electron chi connectivity index (χ0n) is 7.75. The van der Waals surface area contributed by atoms with Crippen molar-refractivity contribution in [2.45, 2.75) is 32.1 Å². The number of hydrogen-bond acceptors (Lipinski definition) is 4. The van der Waals surface area contributed by atoms with E-state index in [0.717, 1.165) is 5.69 Å². The first-order valence-corrected chi connectivity index (χ1v) is 4.58. The molecule has 0 aliphatic heterocycles. The van der Waals surface area contributed by atoms with Crippen molar-refractivity contribution >= 4 is 11.5 Å². The van der Waals surface area contributed by atoms with E-state index < -0.39 is 0 Å². The lowest BCUT2D eigenvalue weighted by atomic mass is 9.82. The molecular formula is C9H14N4. The molecule has 0 radical (unpaired) electrons. The van der Waals surface area contributed by atoms with Gasteiger partial charge in [0.15, 0.2) is 5.82 Å². The molecule has 1 aliphatic rings. The number of nitrogen functional groups attached to an aromatic ring is 2. The first-order valence-electron chi connectivity index (χ1n) is 4.58. The van der Waals surface area contributed by atoms with Gasteiger partial charge in [-0.3, -0.25) is 0 Å². The molecule has 1 fully saturated rings. The summed E-state index contributed by atoms with van der Waals surface area (Å²) >= 11 is 0. The van der Waals surface area contributed by atoms with Crippen molar-refractivity contribution in [3.63, 3.8) is 0 Å². The Hall–Kier alpha value is -1.32. The van der Waals surface area contributed by atoms with E-state index in [4.69, 9.17) is 11.5 Å². The van der Waals surface area contributed by atoms with Crippen LogP contribution in [0.4, 0.5) is 11.5 Å². The summed E-state index contributed by atoms with van der Waals surface area (Å²) < 4.78 is 0. The molecule has 70 valence electrons. The zero-order chi connectivity index (χ0) is 9.42. The van der Waals surface area contributed by atoms with Crippen molar-refractivity contribution in [3.05, 3.63) is 11.5 Å². The molecule has 0 spiro atoms. The predicted molar refractivity (Wildman–Crippen MR) is 52.2 cm³/mol. The number of anilines is 2. The highest BCUT2D eigenvalue weighted by Gasteiger charge is 2.24. The SMILES string of the molecule is Cc1nc(N)c(N)c(C2CCC2)n1. The second-order valence-electron chi connectivity index (χ2n) is 3.58. The Morgan fingerprint density at radius 2 is 1.92 bits per heavy atom. The van der Waals surface area contributed by atoms with Crippen LogP contribution in [0.2, 0.25) is 0 Å². The molecule has 4 heteroatoms. The molecule has 1 aliphatic carbocycles. The van der Waals surface area contributed by atoms with Gasteiger partial charge in [-0.25, -0.2) is 9.97 Å². The molecule has 1 aromatic heterocycles. The van der Waals surface area contributed by atoms with Crippen LogP contribution in [-0.4, -0.2) is 9.97 Å². The molecule has 0 atom stereocenters. The Kier molecular flexibility index (Phi) is 1.83. The van der Waals surface area contributed by atoms with Gasteiger partial charge in [-0.05, 0) is 19.8 Å². The largest absolute Gasteiger partial charge is 0.394 e. The summed E-state index contributed by atoms with van der Waals surface area (Å²) in [7, 11) is 0. The van der Waals surface area contributed by atoms with Crippen LogP contribution in [0.1, 0.15) is 36.7 Å². The van der Waals surface area contributed by atoms with Gasteiger partial charge in [0, 0.05) is 5.92 Å². The van der Waals surface area contributed by atoms with Crippen LogP contribution in [0, 0.1) is 6.92 Å². The summed E-state index contributed by atoms with van der Waals surface area (Å²) in [6.45, 7) is 1.85. The van der Waals surface area contributed by atoms with Crippen molar-refractivity contribution in [1.82, 2.24) is 9.97 Å². The van der Waals surface area contributed by atoms with Crippen LogP contribution in [0.5, 0.6) is 0 Å². The maximum absolute atomic E-state index is 5.81. The Labute approximate surface area is 77.4 Å². The van der Waals surface area contributed by atoms with E-state index in [1.807, 2.05) is 6.92 Å². The standard InChI is InChI=1S/C9H14N4/c1-5-12-8(6-3-2-4-6)7(10)9(11)13-5/h6H,2-4,10H2,1H3,(H2,11,12,13). The lowest BCUT2D eigenvalue weighted by molar-refractivity contribution is 0.411. The third kappa shape index (κ3) is 1.32. The number of nitrogens with zero attached hydrogens (tertiary/aromatic N) is 2. The molecule has 0 aromatic carbocycles. The average molecular weight is 178 g/mol. The third-order valence-electron chi connectivity index (χ3n) is 2.61. The zero-order valence-corrected chi connectivity index (χ0v) is 7.75. The van der Waals surface area contributed by atoms with Gasteiger partial charge in [0.25, 0.3) is 0 Å². The van der Waals surface area contributed by atoms with Gasteiger partial charge in [0.2, 0.25) is 0 Å². The molecule has 1 heterocycles. The Bertz CT molecular complexity index is 331. The van der Waals surface area contributed by atoms with E-state index in [-0.39, 0.29) is 0 Å². The molecule has 0 bridgehead atoms. The normalized spacial score (nSPS) is 17.0. The van der Waals surface area contributed by atoms with Gasteiger partial charge >= 0.3 is 0 Å². The average Bonchev–Trinajstić information content (AvgIpc) is 1.95. The monoisotopic (exact) mass is 178 g/mol. The molecule has 4 nitrogen and oxygen atoms in total. The summed E-state index contributed by atoms with van der Waals surface area (Å²) in [4.78, 5) is 8.36. The summed E-state index contributed by atoms with van der Waals surface area (Å²) in [6.07, 6.45) is 3.63. The van der Waals surface area contributed by atoms with Gasteiger partial charge < -0.3 is 11.5 Å². The van der Waals surface area contributed by atoms with Crippen LogP contribution < -0.4 is 11.5 Å². The van der Waals surface area contributed by atoms with Gasteiger partial charge in [-0.1, -0.05) is 6.42 Å². The van der Waals surface area contributed by atoms with Crippen LogP contribution in [0.15, 0.2) is 0 Å². The van der Waals surface area contributed by atoms with Crippen molar-refractivity contribution in [2.75, 3.05) is 11.5 Å². The van der Waals surface area contributed by atoms with Crippen LogP contribution >= 0.6 is 0 Å². The highest BCUT2D eigenvalue weighted by Crippen LogP contribution is 2.38. The maximum atomic E-state index is 5.81. The highest BCUT2D eigenvalue weighted by molar-refractivity contribution is 5.62. The minimum atomic E-state index is 0.425. The predicted octanol–water partition coefficient (Wildman–Crippen LogP) is 1.22. The minimum Gasteiger partial charge on any atom is -0.394 e. The van der Waals surface area contributed by atoms with Crippen molar-refractivity contribution in [1.29, 1.82) is 0 Å². The molecule has 0 saturated heterocycles. The van der Waals surface area contributed by atoms with E-state index in [1.165, 1.54) is 19.3 Å². The molecule has 0 amide bonds. The second-order valence-corrected chi connectivity index (χ2v) is 3.58. The molecule has 4 N–H and O–H groups in total. The molecule has 2 rings (SSSR count). The number of rotatable bonds is 1. The maximum Gasteiger partial charge on any atom is 0.150 e. The van der Waals surface area contributed by atoms with Crippen LogP contribution in [-0.2, 0) is 0 Å². The molecule has 1 aromatic rings. The molecule has 0 unspecified atom stereocenters. The summed E-state index contributed by atoms with van der Waals surface area (Å²) in [6, 6.07) is 0. The smallest absolute Gasteiger partial charge is 0.150 e. The van der Waals surface area contributed by atoms with Crippen LogP contribution in [0.3, 0.4) is 0 Å². The van der Waals surface area contributed by atoms with E-state index in [9.17, 15) is 0 Å². The van der Waals surface area contributed by atoms with Gasteiger partial charge in [0.1, 0.15) is 5.82 Å². The lowest BCUT2D eigenvalue weighted by Crippen LogP contribution is -2.16. The van der Waals surface area contributed by atoms with E-state index in [1.54, 1.807) is 0 Å². The van der Waals surface area contributed by atoms with Gasteiger partial charge in [-0.2, -0.15) is 0 Å². The Balaban J connectivity index is 2.42. The summed E-state index contributed by atoms with van der Waals surface area (Å²) in [5.74, 6) is 1.66. The van der Waals surface area contributed by atoms with Crippen molar-refractivity contribution in [2.24, 2.45) is 0 Å². The number of aryl methyl sites for hydroxylation is 1. The van der Waals surface area contributed by atoms with Crippen molar-refractivity contribution < 1.29 is 0 Å². The first-order chi connectivity index (χ1) is 6.18. The fraction of sp³-hybridized carbons (Fsp3) is 0.556. The van der Waals surface area contributed by atoms with Crippen molar-refractivity contribution in [3.8, 4) is 0 Å². The van der Waals surface area contributed by atoms with Crippen LogP contribution in [0.25, 0.3) is 0 Å². The quantitative estimate of drug-likeness (QED) is 0.677. The summed E-state index contributed by atoms with van der Waals surface area (Å²) in [5, 5.41) is 0. The number of hydrogen-bond donors (Lipinski definition) is 2. The minimum absolute atomic E-state index is 0.425. The van der Waals surface area contributed by atoms with E-state index >= 15 is 0 Å². The topological polar surface area (TPSA) is 77.8 Å². The van der Waals surface area contributed by atoms with E-state index in [0.29, 0.717) is 23.2 Å². The highest BCUT2D eigenvalue weighted by atomic mass is 15.0. The first kappa shape index (κ1) is 8.29. The van der Waals surface area contributed by atoms with E-state index in [2.05, 4.69) is 9.97 Å². The third-order valence-corrected chi connectivity index (χ3v) is 2.61. The second kappa shape index (κ2) is 2.87. The molecule has 13 heavy (non-hydrogen) atoms. The van der Waals surface area contributed by atoms with Gasteiger partial charge in [-0.15, -0.1) is 0 Å². The molecule has 1 saturated carbocycles. The van der Waals surface area contributed by atoms with Gasteiger partial charge in [0.05, 0.1) is 11.4 Å². The number of nitrogens with two attached hydrogens (primary N) is 2. The fourth-order valence-corrected chi connectivity index (χ4v) is 1.62. The Morgan fingerprint density at radius 3 is 2.46 bits per heavy atom. The lowest BCUT2D eigenvalue weighted by Gasteiger charge is -2.26.